The van der Waals surface area contributed by atoms with Crippen LogP contribution in [0.5, 0.6) is 0 Å². The number of amides is 1. The molecule has 1 aromatic heterocycles. The van der Waals surface area contributed by atoms with E-state index in [1.807, 2.05) is 31.2 Å². The van der Waals surface area contributed by atoms with Gasteiger partial charge in [0.25, 0.3) is 5.91 Å². The van der Waals surface area contributed by atoms with Gasteiger partial charge in [-0.3, -0.25) is 4.79 Å². The van der Waals surface area contributed by atoms with E-state index >= 15 is 0 Å². The van der Waals surface area contributed by atoms with Crippen LogP contribution in [0.3, 0.4) is 0 Å². The number of rotatable bonds is 3. The Morgan fingerprint density at radius 1 is 1.28 bits per heavy atom. The van der Waals surface area contributed by atoms with Gasteiger partial charge in [0.05, 0.1) is 17.9 Å². The van der Waals surface area contributed by atoms with Crippen LogP contribution in [0, 0.1) is 6.92 Å². The van der Waals surface area contributed by atoms with Gasteiger partial charge in [0, 0.05) is 5.02 Å². The molecule has 0 bridgehead atoms. The molecule has 0 saturated carbocycles. The number of hydrogen-bond acceptors (Lipinski definition) is 2. The number of furan rings is 1. The van der Waals surface area contributed by atoms with Crippen molar-refractivity contribution < 1.29 is 9.21 Å². The second-order valence-corrected chi connectivity index (χ2v) is 4.57. The maximum absolute atomic E-state index is 12.0. The Bertz CT molecular complexity index is 545. The zero-order valence-electron chi connectivity index (χ0n) is 10.2. The van der Waals surface area contributed by atoms with E-state index in [1.165, 1.54) is 6.26 Å². The zero-order chi connectivity index (χ0) is 13.1. The van der Waals surface area contributed by atoms with Crippen molar-refractivity contribution in [2.75, 3.05) is 0 Å². The van der Waals surface area contributed by atoms with Crippen LogP contribution in [0.2, 0.25) is 5.02 Å². The molecular formula is C14H14ClNO2. The summed E-state index contributed by atoms with van der Waals surface area (Å²) in [7, 11) is 0. The average Bonchev–Trinajstić information content (AvgIpc) is 2.76. The molecule has 0 aliphatic carbocycles. The Labute approximate surface area is 111 Å². The maximum atomic E-state index is 12.0. The van der Waals surface area contributed by atoms with Crippen LogP contribution in [0.4, 0.5) is 0 Å². The second kappa shape index (κ2) is 5.27. The Morgan fingerprint density at radius 3 is 2.50 bits per heavy atom. The second-order valence-electron chi connectivity index (χ2n) is 4.14. The Kier molecular flexibility index (Phi) is 3.72. The number of carbonyl (C=O) groups is 1. The van der Waals surface area contributed by atoms with E-state index in [9.17, 15) is 4.79 Å². The third kappa shape index (κ3) is 2.74. The SMILES string of the molecule is Cc1occc1C(=O)NC(C)c1ccc(Cl)cc1. The van der Waals surface area contributed by atoms with Crippen molar-refractivity contribution in [1.29, 1.82) is 0 Å². The average molecular weight is 264 g/mol. The molecule has 2 aromatic rings. The molecule has 2 rings (SSSR count). The summed E-state index contributed by atoms with van der Waals surface area (Å²) in [5, 5.41) is 3.60. The van der Waals surface area contributed by atoms with Crippen LogP contribution in [-0.2, 0) is 0 Å². The smallest absolute Gasteiger partial charge is 0.255 e. The van der Waals surface area contributed by atoms with Gasteiger partial charge in [0.2, 0.25) is 0 Å². The fraction of sp³-hybridized carbons (Fsp3) is 0.214. The molecule has 0 saturated heterocycles. The number of benzene rings is 1. The number of hydrogen-bond donors (Lipinski definition) is 1. The highest BCUT2D eigenvalue weighted by Gasteiger charge is 2.14. The van der Waals surface area contributed by atoms with Crippen molar-refractivity contribution >= 4 is 17.5 Å². The first-order chi connectivity index (χ1) is 8.58. The van der Waals surface area contributed by atoms with Gasteiger partial charge in [-0.05, 0) is 37.6 Å². The first-order valence-corrected chi connectivity index (χ1v) is 6.06. The van der Waals surface area contributed by atoms with Crippen LogP contribution in [0.15, 0.2) is 41.0 Å². The highest BCUT2D eigenvalue weighted by Crippen LogP contribution is 2.17. The summed E-state index contributed by atoms with van der Waals surface area (Å²) in [6.45, 7) is 3.69. The van der Waals surface area contributed by atoms with Crippen LogP contribution >= 0.6 is 11.6 Å². The van der Waals surface area contributed by atoms with Crippen LogP contribution in [-0.4, -0.2) is 5.91 Å². The minimum Gasteiger partial charge on any atom is -0.469 e. The van der Waals surface area contributed by atoms with Crippen LogP contribution in [0.1, 0.15) is 34.6 Å². The maximum Gasteiger partial charge on any atom is 0.255 e. The van der Waals surface area contributed by atoms with E-state index in [4.69, 9.17) is 16.0 Å². The molecule has 4 heteroatoms. The first kappa shape index (κ1) is 12.7. The monoisotopic (exact) mass is 263 g/mol. The number of halogens is 1. The van der Waals surface area contributed by atoms with Gasteiger partial charge in [-0.15, -0.1) is 0 Å². The lowest BCUT2D eigenvalue weighted by molar-refractivity contribution is 0.0938. The van der Waals surface area contributed by atoms with Gasteiger partial charge in [0.15, 0.2) is 0 Å². The Balaban J connectivity index is 2.08. The van der Waals surface area contributed by atoms with Gasteiger partial charge < -0.3 is 9.73 Å². The standard InChI is InChI=1S/C14H14ClNO2/c1-9(11-3-5-12(15)6-4-11)16-14(17)13-7-8-18-10(13)2/h3-9H,1-2H3,(H,16,17). The van der Waals surface area contributed by atoms with Gasteiger partial charge >= 0.3 is 0 Å². The van der Waals surface area contributed by atoms with Crippen LogP contribution < -0.4 is 5.32 Å². The molecule has 94 valence electrons. The molecule has 1 amide bonds. The summed E-state index contributed by atoms with van der Waals surface area (Å²) in [6.07, 6.45) is 1.51. The number of nitrogens with one attached hydrogen (secondary N) is 1. The van der Waals surface area contributed by atoms with E-state index in [1.54, 1.807) is 13.0 Å². The number of aryl methyl sites for hydroxylation is 1. The summed E-state index contributed by atoms with van der Waals surface area (Å²) >= 11 is 5.82. The van der Waals surface area contributed by atoms with Crippen LogP contribution in [0.25, 0.3) is 0 Å². The molecule has 1 aromatic carbocycles. The van der Waals surface area contributed by atoms with E-state index in [2.05, 4.69) is 5.32 Å². The van der Waals surface area contributed by atoms with Gasteiger partial charge in [0.1, 0.15) is 5.76 Å². The largest absolute Gasteiger partial charge is 0.469 e. The van der Waals surface area contributed by atoms with Crippen molar-refractivity contribution in [3.05, 3.63) is 58.5 Å². The molecule has 0 aliphatic rings. The molecule has 0 spiro atoms. The quantitative estimate of drug-likeness (QED) is 0.917. The van der Waals surface area contributed by atoms with E-state index in [0.717, 1.165) is 5.56 Å². The minimum absolute atomic E-state index is 0.0796. The fourth-order valence-electron chi connectivity index (χ4n) is 1.73. The van der Waals surface area contributed by atoms with Crippen molar-refractivity contribution in [2.24, 2.45) is 0 Å². The molecule has 1 atom stereocenters. The predicted molar refractivity (Wildman–Crippen MR) is 70.8 cm³/mol. The third-order valence-electron chi connectivity index (χ3n) is 2.82. The molecule has 1 unspecified atom stereocenters. The highest BCUT2D eigenvalue weighted by molar-refractivity contribution is 6.30. The lowest BCUT2D eigenvalue weighted by Gasteiger charge is -2.14. The summed E-state index contributed by atoms with van der Waals surface area (Å²) in [4.78, 5) is 12.0. The summed E-state index contributed by atoms with van der Waals surface area (Å²) in [6, 6.07) is 9.00. The fourth-order valence-corrected chi connectivity index (χ4v) is 1.86. The molecule has 1 N–H and O–H groups in total. The lowest BCUT2D eigenvalue weighted by atomic mass is 10.1. The Hall–Kier alpha value is -1.74. The molecule has 18 heavy (non-hydrogen) atoms. The summed E-state index contributed by atoms with van der Waals surface area (Å²) in [5.41, 5.74) is 1.57. The van der Waals surface area contributed by atoms with E-state index in [-0.39, 0.29) is 11.9 Å². The third-order valence-corrected chi connectivity index (χ3v) is 3.07. The van der Waals surface area contributed by atoms with Crippen molar-refractivity contribution in [1.82, 2.24) is 5.32 Å². The van der Waals surface area contributed by atoms with Crippen molar-refractivity contribution in [3.63, 3.8) is 0 Å². The molecule has 0 aliphatic heterocycles. The summed E-state index contributed by atoms with van der Waals surface area (Å²) < 4.78 is 5.11. The molecule has 0 fully saturated rings. The minimum atomic E-state index is -0.135. The molecule has 0 radical (unpaired) electrons. The molecular weight excluding hydrogens is 250 g/mol. The van der Waals surface area contributed by atoms with Gasteiger partial charge in [-0.25, -0.2) is 0 Å². The van der Waals surface area contributed by atoms with E-state index in [0.29, 0.717) is 16.3 Å². The summed E-state index contributed by atoms with van der Waals surface area (Å²) in [5.74, 6) is 0.486. The van der Waals surface area contributed by atoms with Gasteiger partial charge in [-0.2, -0.15) is 0 Å². The molecule has 3 nitrogen and oxygen atoms in total. The van der Waals surface area contributed by atoms with E-state index < -0.39 is 0 Å². The van der Waals surface area contributed by atoms with Crippen molar-refractivity contribution in [3.8, 4) is 0 Å². The first-order valence-electron chi connectivity index (χ1n) is 5.68. The van der Waals surface area contributed by atoms with Crippen molar-refractivity contribution in [2.45, 2.75) is 19.9 Å². The predicted octanol–water partition coefficient (Wildman–Crippen LogP) is 3.73. The Morgan fingerprint density at radius 2 is 1.94 bits per heavy atom. The number of carbonyl (C=O) groups excluding carboxylic acids is 1. The normalized spacial score (nSPS) is 12.2. The highest BCUT2D eigenvalue weighted by atomic mass is 35.5. The molecule has 1 heterocycles. The van der Waals surface area contributed by atoms with Gasteiger partial charge in [-0.1, -0.05) is 23.7 Å². The lowest BCUT2D eigenvalue weighted by Crippen LogP contribution is -2.26. The zero-order valence-corrected chi connectivity index (χ0v) is 11.0. The topological polar surface area (TPSA) is 42.2 Å².